The van der Waals surface area contributed by atoms with E-state index in [0.717, 1.165) is 50.4 Å². The Labute approximate surface area is 182 Å². The summed E-state index contributed by atoms with van der Waals surface area (Å²) in [6, 6.07) is 13.4. The van der Waals surface area contributed by atoms with Crippen LogP contribution in [0, 0.1) is 10.8 Å². The lowest BCUT2D eigenvalue weighted by Crippen LogP contribution is -2.17. The fourth-order valence-corrected chi connectivity index (χ4v) is 5.31. The van der Waals surface area contributed by atoms with Crippen molar-refractivity contribution in [2.45, 2.75) is 67.2 Å². The molecule has 0 heterocycles. The molecule has 0 unspecified atom stereocenters. The van der Waals surface area contributed by atoms with E-state index >= 15 is 0 Å². The maximum atomic E-state index is 6.00. The Morgan fingerprint density at radius 2 is 1.07 bits per heavy atom. The van der Waals surface area contributed by atoms with Crippen LogP contribution >= 0.6 is 0 Å². The minimum Gasteiger partial charge on any atom is -0.494 e. The van der Waals surface area contributed by atoms with Crippen LogP contribution in [0.2, 0.25) is 0 Å². The molecule has 160 valence electrons. The molecule has 0 aliphatic heterocycles. The first-order chi connectivity index (χ1) is 14.3. The van der Waals surface area contributed by atoms with Gasteiger partial charge in [-0.2, -0.15) is 0 Å². The molecule has 2 heteroatoms. The van der Waals surface area contributed by atoms with Crippen molar-refractivity contribution in [3.8, 4) is 11.5 Å². The summed E-state index contributed by atoms with van der Waals surface area (Å²) < 4.78 is 12.0. The van der Waals surface area contributed by atoms with Gasteiger partial charge in [-0.1, -0.05) is 53.7 Å². The minimum absolute atomic E-state index is 0.0974. The molecule has 0 saturated carbocycles. The smallest absolute Gasteiger partial charge is 0.119 e. The van der Waals surface area contributed by atoms with E-state index in [1.54, 1.807) is 0 Å². The predicted molar refractivity (Wildman–Crippen MR) is 126 cm³/mol. The molecule has 0 saturated heterocycles. The van der Waals surface area contributed by atoms with Crippen molar-refractivity contribution in [3.63, 3.8) is 0 Å². The van der Waals surface area contributed by atoms with Gasteiger partial charge in [0.15, 0.2) is 0 Å². The van der Waals surface area contributed by atoms with Crippen LogP contribution in [0.5, 0.6) is 11.5 Å². The lowest BCUT2D eigenvalue weighted by molar-refractivity contribution is 0.317. The van der Waals surface area contributed by atoms with Gasteiger partial charge in [0.05, 0.1) is 13.2 Å². The topological polar surface area (TPSA) is 18.5 Å². The zero-order valence-electron chi connectivity index (χ0n) is 19.5. The fraction of sp³-hybridized carbons (Fsp3) is 0.500. The lowest BCUT2D eigenvalue weighted by Gasteiger charge is -2.30. The van der Waals surface area contributed by atoms with Gasteiger partial charge in [-0.15, -0.1) is 0 Å². The van der Waals surface area contributed by atoms with E-state index in [9.17, 15) is 0 Å². The average Bonchev–Trinajstić information content (AvgIpc) is 3.10. The highest BCUT2D eigenvalue weighted by Gasteiger charge is 2.43. The molecular weight excluding hydrogens is 368 g/mol. The summed E-state index contributed by atoms with van der Waals surface area (Å²) in [5.41, 5.74) is 8.82. The van der Waals surface area contributed by atoms with E-state index < -0.39 is 0 Å². The Morgan fingerprint density at radius 3 is 1.43 bits per heavy atom. The third-order valence-corrected chi connectivity index (χ3v) is 6.52. The van der Waals surface area contributed by atoms with E-state index in [2.05, 4.69) is 77.9 Å². The molecule has 0 amide bonds. The molecule has 0 bridgehead atoms. The Balaban J connectivity index is 1.90. The largest absolute Gasteiger partial charge is 0.494 e. The van der Waals surface area contributed by atoms with Gasteiger partial charge >= 0.3 is 0 Å². The lowest BCUT2D eigenvalue weighted by atomic mass is 9.74. The molecule has 2 aliphatic carbocycles. The second-order valence-corrected chi connectivity index (χ2v) is 10.2. The third kappa shape index (κ3) is 3.66. The second kappa shape index (κ2) is 7.80. The molecule has 0 fully saturated rings. The van der Waals surface area contributed by atoms with Gasteiger partial charge in [-0.3, -0.25) is 0 Å². The van der Waals surface area contributed by atoms with E-state index in [4.69, 9.17) is 9.47 Å². The van der Waals surface area contributed by atoms with Crippen molar-refractivity contribution < 1.29 is 9.47 Å². The highest BCUT2D eigenvalue weighted by atomic mass is 16.5. The standard InChI is InChI=1S/C28H36O2/c1-7-13-29-21-11-9-19-17-27(3,4)25(23(19)15-21)26-24-16-22(30-14-8-2)12-10-20(24)18-28(26,5)6/h9-12,15-16H,7-8,13-14,17-18H2,1-6H3/b26-25+. The molecule has 0 radical (unpaired) electrons. The van der Waals surface area contributed by atoms with E-state index in [1.807, 2.05) is 0 Å². The van der Waals surface area contributed by atoms with Gasteiger partial charge in [-0.05, 0) is 94.2 Å². The monoisotopic (exact) mass is 404 g/mol. The summed E-state index contributed by atoms with van der Waals surface area (Å²) in [5.74, 6) is 1.98. The van der Waals surface area contributed by atoms with Gasteiger partial charge in [0.2, 0.25) is 0 Å². The highest BCUT2D eigenvalue weighted by Crippen LogP contribution is 2.58. The van der Waals surface area contributed by atoms with Crippen LogP contribution < -0.4 is 9.47 Å². The molecule has 0 N–H and O–H groups in total. The summed E-state index contributed by atoms with van der Waals surface area (Å²) in [6.07, 6.45) is 4.20. The Kier molecular flexibility index (Phi) is 5.46. The molecule has 4 rings (SSSR count). The number of allylic oxidation sites excluding steroid dienone is 2. The third-order valence-electron chi connectivity index (χ3n) is 6.52. The molecule has 2 nitrogen and oxygen atoms in total. The van der Waals surface area contributed by atoms with Crippen LogP contribution in [-0.2, 0) is 12.8 Å². The zero-order chi connectivity index (χ0) is 21.5. The Hall–Kier alpha value is -2.22. The summed E-state index contributed by atoms with van der Waals surface area (Å²) in [6.45, 7) is 15.4. The van der Waals surface area contributed by atoms with Crippen molar-refractivity contribution >= 4 is 11.1 Å². The van der Waals surface area contributed by atoms with Crippen molar-refractivity contribution in [3.05, 3.63) is 58.7 Å². The molecule has 0 atom stereocenters. The molecule has 30 heavy (non-hydrogen) atoms. The van der Waals surface area contributed by atoms with Crippen LogP contribution in [0.25, 0.3) is 11.1 Å². The maximum absolute atomic E-state index is 6.00. The summed E-state index contributed by atoms with van der Waals surface area (Å²) >= 11 is 0. The van der Waals surface area contributed by atoms with Crippen LogP contribution in [0.1, 0.15) is 76.6 Å². The summed E-state index contributed by atoms with van der Waals surface area (Å²) in [4.78, 5) is 0. The first kappa shape index (κ1) is 21.0. The molecule has 0 aromatic heterocycles. The van der Waals surface area contributed by atoms with Crippen molar-refractivity contribution in [1.82, 2.24) is 0 Å². The number of fused-ring (bicyclic) bond motifs is 2. The van der Waals surface area contributed by atoms with E-state index in [-0.39, 0.29) is 10.8 Å². The van der Waals surface area contributed by atoms with Gasteiger partial charge in [0.25, 0.3) is 0 Å². The van der Waals surface area contributed by atoms with Gasteiger partial charge in [0, 0.05) is 0 Å². The number of hydrogen-bond donors (Lipinski definition) is 0. The van der Waals surface area contributed by atoms with Crippen molar-refractivity contribution in [1.29, 1.82) is 0 Å². The van der Waals surface area contributed by atoms with Crippen molar-refractivity contribution in [2.75, 3.05) is 13.2 Å². The molecule has 0 spiro atoms. The first-order valence-corrected chi connectivity index (χ1v) is 11.5. The second-order valence-electron chi connectivity index (χ2n) is 10.2. The number of ether oxygens (including phenoxy) is 2. The van der Waals surface area contributed by atoms with Gasteiger partial charge in [-0.25, -0.2) is 0 Å². The van der Waals surface area contributed by atoms with Crippen molar-refractivity contribution in [2.24, 2.45) is 10.8 Å². The van der Waals surface area contributed by atoms with Crippen LogP contribution in [0.15, 0.2) is 36.4 Å². The molecule has 2 aromatic carbocycles. The number of hydrogen-bond acceptors (Lipinski definition) is 2. The average molecular weight is 405 g/mol. The molecule has 2 aromatic rings. The number of benzene rings is 2. The maximum Gasteiger partial charge on any atom is 0.119 e. The summed E-state index contributed by atoms with van der Waals surface area (Å²) in [5, 5.41) is 0. The zero-order valence-corrected chi connectivity index (χ0v) is 19.5. The highest BCUT2D eigenvalue weighted by molar-refractivity contribution is 6.00. The van der Waals surface area contributed by atoms with Gasteiger partial charge < -0.3 is 9.47 Å². The molecule has 2 aliphatic rings. The van der Waals surface area contributed by atoms with Crippen LogP contribution in [0.3, 0.4) is 0 Å². The minimum atomic E-state index is 0.0974. The Bertz CT molecular complexity index is 899. The quantitative estimate of drug-likeness (QED) is 0.501. The number of rotatable bonds is 6. The SMILES string of the molecule is CCCOc1ccc2c(c1)/C(=C1/c3cc(OCCC)ccc3CC1(C)C)C(C)(C)C2. The van der Waals surface area contributed by atoms with E-state index in [1.165, 1.54) is 33.4 Å². The Morgan fingerprint density at radius 1 is 0.667 bits per heavy atom. The first-order valence-electron chi connectivity index (χ1n) is 11.5. The fourth-order valence-electron chi connectivity index (χ4n) is 5.31. The van der Waals surface area contributed by atoms with Gasteiger partial charge in [0.1, 0.15) is 11.5 Å². The summed E-state index contributed by atoms with van der Waals surface area (Å²) in [7, 11) is 0. The van der Waals surface area contributed by atoms with Crippen LogP contribution in [-0.4, -0.2) is 13.2 Å². The normalized spacial score (nSPS) is 20.7. The predicted octanol–water partition coefficient (Wildman–Crippen LogP) is 7.34. The molecular formula is C28H36O2. The van der Waals surface area contributed by atoms with Crippen LogP contribution in [0.4, 0.5) is 0 Å². The van der Waals surface area contributed by atoms with E-state index in [0.29, 0.717) is 0 Å².